The molecule has 1 aliphatic heterocycles. The SMILES string of the molecule is CCNC(=NCc1cccc(CN2CCOC(C)C2)c1)NCCc1ccco1.I. The number of rotatable bonds is 8. The zero-order valence-electron chi connectivity index (χ0n) is 17.4. The number of nitrogens with one attached hydrogen (secondary N) is 2. The van der Waals surface area contributed by atoms with Gasteiger partial charge in [-0.15, -0.1) is 24.0 Å². The summed E-state index contributed by atoms with van der Waals surface area (Å²) >= 11 is 0. The van der Waals surface area contributed by atoms with Crippen LogP contribution in [-0.2, 0) is 24.2 Å². The van der Waals surface area contributed by atoms with Gasteiger partial charge in [-0.2, -0.15) is 0 Å². The van der Waals surface area contributed by atoms with Crippen molar-refractivity contribution in [3.8, 4) is 0 Å². The molecular weight excluding hydrogens is 479 g/mol. The van der Waals surface area contributed by atoms with Crippen LogP contribution in [0.5, 0.6) is 0 Å². The van der Waals surface area contributed by atoms with E-state index in [1.165, 1.54) is 11.1 Å². The summed E-state index contributed by atoms with van der Waals surface area (Å²) in [7, 11) is 0. The zero-order chi connectivity index (χ0) is 19.6. The summed E-state index contributed by atoms with van der Waals surface area (Å²) in [6.07, 6.45) is 2.86. The molecule has 3 rings (SSSR count). The van der Waals surface area contributed by atoms with E-state index in [4.69, 9.17) is 14.1 Å². The van der Waals surface area contributed by atoms with E-state index >= 15 is 0 Å². The first-order valence-electron chi connectivity index (χ1n) is 10.2. The quantitative estimate of drug-likeness (QED) is 0.323. The number of hydrogen-bond acceptors (Lipinski definition) is 4. The van der Waals surface area contributed by atoms with Gasteiger partial charge in [0.15, 0.2) is 5.96 Å². The summed E-state index contributed by atoms with van der Waals surface area (Å²) in [4.78, 5) is 7.19. The van der Waals surface area contributed by atoms with E-state index < -0.39 is 0 Å². The van der Waals surface area contributed by atoms with Crippen molar-refractivity contribution in [3.63, 3.8) is 0 Å². The molecule has 2 heterocycles. The Hall–Kier alpha value is -1.58. The molecular formula is C22H33IN4O2. The van der Waals surface area contributed by atoms with E-state index in [2.05, 4.69) is 53.6 Å². The third kappa shape index (κ3) is 8.36. The van der Waals surface area contributed by atoms with Crippen LogP contribution in [0.4, 0.5) is 0 Å². The van der Waals surface area contributed by atoms with E-state index in [0.717, 1.165) is 57.5 Å². The van der Waals surface area contributed by atoms with Gasteiger partial charge in [0, 0.05) is 39.1 Å². The molecule has 1 fully saturated rings. The highest BCUT2D eigenvalue weighted by Crippen LogP contribution is 2.12. The number of benzene rings is 1. The van der Waals surface area contributed by atoms with Crippen molar-refractivity contribution in [2.75, 3.05) is 32.8 Å². The molecule has 2 N–H and O–H groups in total. The second-order valence-electron chi connectivity index (χ2n) is 7.19. The van der Waals surface area contributed by atoms with Crippen molar-refractivity contribution in [1.29, 1.82) is 0 Å². The Morgan fingerprint density at radius 1 is 1.21 bits per heavy atom. The molecule has 1 aliphatic rings. The summed E-state index contributed by atoms with van der Waals surface area (Å²) in [6.45, 7) is 10.3. The lowest BCUT2D eigenvalue weighted by Gasteiger charge is -2.31. The van der Waals surface area contributed by atoms with Crippen LogP contribution in [0.25, 0.3) is 0 Å². The molecule has 29 heavy (non-hydrogen) atoms. The van der Waals surface area contributed by atoms with E-state index in [-0.39, 0.29) is 24.0 Å². The van der Waals surface area contributed by atoms with Gasteiger partial charge < -0.3 is 19.8 Å². The highest BCUT2D eigenvalue weighted by Gasteiger charge is 2.16. The topological polar surface area (TPSA) is 62.0 Å². The maximum Gasteiger partial charge on any atom is 0.191 e. The van der Waals surface area contributed by atoms with Crippen molar-refractivity contribution < 1.29 is 9.15 Å². The molecule has 1 aromatic carbocycles. The van der Waals surface area contributed by atoms with Crippen molar-refractivity contribution in [2.24, 2.45) is 4.99 Å². The number of morpholine rings is 1. The fourth-order valence-electron chi connectivity index (χ4n) is 3.39. The van der Waals surface area contributed by atoms with Crippen LogP contribution in [0.1, 0.15) is 30.7 Å². The number of guanidine groups is 1. The van der Waals surface area contributed by atoms with E-state index in [1.807, 2.05) is 12.1 Å². The Kier molecular flexibility index (Phi) is 10.5. The largest absolute Gasteiger partial charge is 0.469 e. The minimum absolute atomic E-state index is 0. The second kappa shape index (κ2) is 12.9. The van der Waals surface area contributed by atoms with Crippen molar-refractivity contribution in [2.45, 2.75) is 39.5 Å². The Morgan fingerprint density at radius 3 is 2.83 bits per heavy atom. The van der Waals surface area contributed by atoms with Crippen molar-refractivity contribution >= 4 is 29.9 Å². The third-order valence-electron chi connectivity index (χ3n) is 4.73. The van der Waals surface area contributed by atoms with Gasteiger partial charge in [-0.3, -0.25) is 4.90 Å². The normalized spacial score (nSPS) is 17.6. The molecule has 6 nitrogen and oxygen atoms in total. The van der Waals surface area contributed by atoms with Gasteiger partial charge in [0.05, 0.1) is 25.5 Å². The molecule has 160 valence electrons. The average Bonchev–Trinajstić information content (AvgIpc) is 3.20. The monoisotopic (exact) mass is 512 g/mol. The highest BCUT2D eigenvalue weighted by atomic mass is 127. The summed E-state index contributed by atoms with van der Waals surface area (Å²) < 4.78 is 11.0. The smallest absolute Gasteiger partial charge is 0.191 e. The standard InChI is InChI=1S/C22H32N4O2.HI/c1-3-23-22(24-10-9-21-8-5-12-28-21)25-15-19-6-4-7-20(14-19)17-26-11-13-27-18(2)16-26;/h4-8,12,14,18H,3,9-11,13,15-17H2,1-2H3,(H2,23,24,25);1H. The van der Waals surface area contributed by atoms with Crippen LogP contribution in [0.2, 0.25) is 0 Å². The summed E-state index contributed by atoms with van der Waals surface area (Å²) in [5.41, 5.74) is 2.56. The van der Waals surface area contributed by atoms with Gasteiger partial charge >= 0.3 is 0 Å². The van der Waals surface area contributed by atoms with Gasteiger partial charge in [0.25, 0.3) is 0 Å². The van der Waals surface area contributed by atoms with Crippen LogP contribution in [0.15, 0.2) is 52.1 Å². The molecule has 0 bridgehead atoms. The Balaban J connectivity index is 0.00000300. The molecule has 0 saturated carbocycles. The Morgan fingerprint density at radius 2 is 2.07 bits per heavy atom. The van der Waals surface area contributed by atoms with Crippen LogP contribution in [0.3, 0.4) is 0 Å². The van der Waals surface area contributed by atoms with Crippen LogP contribution in [0, 0.1) is 0 Å². The second-order valence-corrected chi connectivity index (χ2v) is 7.19. The molecule has 1 unspecified atom stereocenters. The van der Waals surface area contributed by atoms with Gasteiger partial charge in [-0.05, 0) is 37.1 Å². The molecule has 0 amide bonds. The highest BCUT2D eigenvalue weighted by molar-refractivity contribution is 14.0. The van der Waals surface area contributed by atoms with Gasteiger partial charge in [0.1, 0.15) is 5.76 Å². The lowest BCUT2D eigenvalue weighted by Crippen LogP contribution is -2.40. The zero-order valence-corrected chi connectivity index (χ0v) is 19.7. The van der Waals surface area contributed by atoms with E-state index in [0.29, 0.717) is 12.6 Å². The lowest BCUT2D eigenvalue weighted by molar-refractivity contribution is -0.0212. The van der Waals surface area contributed by atoms with E-state index in [9.17, 15) is 0 Å². The molecule has 0 radical (unpaired) electrons. The van der Waals surface area contributed by atoms with Crippen LogP contribution < -0.4 is 10.6 Å². The molecule has 1 saturated heterocycles. The molecule has 1 atom stereocenters. The Labute approximate surface area is 191 Å². The predicted molar refractivity (Wildman–Crippen MR) is 128 cm³/mol. The molecule has 7 heteroatoms. The number of furan rings is 1. The number of ether oxygens (including phenoxy) is 1. The number of nitrogens with zero attached hydrogens (tertiary/aromatic N) is 2. The van der Waals surface area contributed by atoms with Gasteiger partial charge in [0.2, 0.25) is 0 Å². The van der Waals surface area contributed by atoms with E-state index in [1.54, 1.807) is 6.26 Å². The minimum Gasteiger partial charge on any atom is -0.469 e. The molecule has 0 spiro atoms. The summed E-state index contributed by atoms with van der Waals surface area (Å²) in [5.74, 6) is 1.81. The first kappa shape index (κ1) is 23.7. The van der Waals surface area contributed by atoms with Gasteiger partial charge in [-0.1, -0.05) is 24.3 Å². The molecule has 1 aromatic heterocycles. The summed E-state index contributed by atoms with van der Waals surface area (Å²) in [5, 5.41) is 6.68. The van der Waals surface area contributed by atoms with Crippen molar-refractivity contribution in [1.82, 2.24) is 15.5 Å². The first-order valence-corrected chi connectivity index (χ1v) is 10.2. The number of aliphatic imine (C=N–C) groups is 1. The van der Waals surface area contributed by atoms with Crippen molar-refractivity contribution in [3.05, 3.63) is 59.5 Å². The fourth-order valence-corrected chi connectivity index (χ4v) is 3.39. The number of hydrogen-bond donors (Lipinski definition) is 2. The Bertz CT molecular complexity index is 736. The predicted octanol–water partition coefficient (Wildman–Crippen LogP) is 3.42. The van der Waals surface area contributed by atoms with Crippen LogP contribution in [-0.4, -0.2) is 49.7 Å². The maximum absolute atomic E-state index is 5.63. The molecule has 0 aliphatic carbocycles. The first-order chi connectivity index (χ1) is 13.7. The lowest BCUT2D eigenvalue weighted by atomic mass is 10.1. The van der Waals surface area contributed by atoms with Gasteiger partial charge in [-0.25, -0.2) is 4.99 Å². The minimum atomic E-state index is 0. The summed E-state index contributed by atoms with van der Waals surface area (Å²) in [6, 6.07) is 12.6. The molecule has 2 aromatic rings. The maximum atomic E-state index is 5.63. The fraction of sp³-hybridized carbons (Fsp3) is 0.500. The number of halogens is 1. The third-order valence-corrected chi connectivity index (χ3v) is 4.73. The van der Waals surface area contributed by atoms with Crippen LogP contribution >= 0.6 is 24.0 Å². The average molecular weight is 512 g/mol.